The van der Waals surface area contributed by atoms with Crippen molar-refractivity contribution in [1.82, 2.24) is 0 Å². The van der Waals surface area contributed by atoms with Gasteiger partial charge in [-0.25, -0.2) is 4.79 Å². The van der Waals surface area contributed by atoms with Gasteiger partial charge in [0.15, 0.2) is 0 Å². The quantitative estimate of drug-likeness (QED) is 0.739. The summed E-state index contributed by atoms with van der Waals surface area (Å²) in [5.74, 6) is -0.917. The van der Waals surface area contributed by atoms with E-state index in [2.05, 4.69) is 11.6 Å². The van der Waals surface area contributed by atoms with Crippen molar-refractivity contribution in [2.75, 3.05) is 17.3 Å². The lowest BCUT2D eigenvalue weighted by Gasteiger charge is -2.29. The number of rotatable bonds is 4. The van der Waals surface area contributed by atoms with Gasteiger partial charge in [0.1, 0.15) is 0 Å². The zero-order valence-electron chi connectivity index (χ0n) is 11.1. The average Bonchev–Trinajstić information content (AvgIpc) is 2.38. The summed E-state index contributed by atoms with van der Waals surface area (Å²) in [7, 11) is 0. The van der Waals surface area contributed by atoms with Crippen molar-refractivity contribution in [3.05, 3.63) is 23.8 Å². The van der Waals surface area contributed by atoms with E-state index >= 15 is 0 Å². The number of hydrogen-bond acceptors (Lipinski definition) is 4. The molecule has 1 aromatic carbocycles. The van der Waals surface area contributed by atoms with Crippen LogP contribution >= 0.6 is 11.8 Å². The molecule has 0 amide bonds. The van der Waals surface area contributed by atoms with Crippen LogP contribution in [-0.2, 0) is 0 Å². The molecule has 0 radical (unpaired) electrons. The molecule has 2 rings (SSSR count). The molecular formula is C14H20N2O2S. The Morgan fingerprint density at radius 1 is 1.47 bits per heavy atom. The molecule has 0 heterocycles. The van der Waals surface area contributed by atoms with E-state index < -0.39 is 5.97 Å². The van der Waals surface area contributed by atoms with E-state index in [0.29, 0.717) is 28.2 Å². The molecule has 4 N–H and O–H groups in total. The molecule has 1 aromatic rings. The largest absolute Gasteiger partial charge is 0.478 e. The molecule has 0 bridgehead atoms. The molecule has 1 saturated carbocycles. The van der Waals surface area contributed by atoms with Gasteiger partial charge in [0.25, 0.3) is 0 Å². The Bertz CT molecular complexity index is 465. The van der Waals surface area contributed by atoms with E-state index in [1.807, 2.05) is 11.8 Å². The molecule has 5 heteroatoms. The first-order valence-corrected chi connectivity index (χ1v) is 7.81. The highest BCUT2D eigenvalue weighted by Gasteiger charge is 2.22. The second-order valence-electron chi connectivity index (χ2n) is 4.98. The van der Waals surface area contributed by atoms with Gasteiger partial charge in [-0.05, 0) is 43.7 Å². The van der Waals surface area contributed by atoms with Gasteiger partial charge in [-0.2, -0.15) is 11.8 Å². The van der Waals surface area contributed by atoms with Crippen molar-refractivity contribution in [3.63, 3.8) is 0 Å². The van der Waals surface area contributed by atoms with Crippen molar-refractivity contribution in [2.24, 2.45) is 0 Å². The third kappa shape index (κ3) is 3.56. The Balaban J connectivity index is 2.13. The van der Waals surface area contributed by atoms with E-state index in [0.717, 1.165) is 12.8 Å². The van der Waals surface area contributed by atoms with Crippen molar-refractivity contribution in [1.29, 1.82) is 0 Å². The van der Waals surface area contributed by atoms with Gasteiger partial charge in [-0.15, -0.1) is 0 Å². The molecule has 0 saturated heterocycles. The molecule has 1 fully saturated rings. The fourth-order valence-electron chi connectivity index (χ4n) is 2.58. The second-order valence-corrected chi connectivity index (χ2v) is 6.11. The van der Waals surface area contributed by atoms with Crippen LogP contribution < -0.4 is 11.1 Å². The van der Waals surface area contributed by atoms with Crippen LogP contribution in [0.1, 0.15) is 36.0 Å². The van der Waals surface area contributed by atoms with Gasteiger partial charge in [-0.3, -0.25) is 0 Å². The molecule has 2 unspecified atom stereocenters. The van der Waals surface area contributed by atoms with Gasteiger partial charge in [0.2, 0.25) is 0 Å². The number of hydrogen-bond donors (Lipinski definition) is 3. The highest BCUT2D eigenvalue weighted by Crippen LogP contribution is 2.30. The molecular weight excluding hydrogens is 260 g/mol. The summed E-state index contributed by atoms with van der Waals surface area (Å²) in [6, 6.07) is 5.24. The van der Waals surface area contributed by atoms with Crippen LogP contribution in [0.3, 0.4) is 0 Å². The molecule has 0 aliphatic heterocycles. The van der Waals surface area contributed by atoms with Crippen LogP contribution in [-0.4, -0.2) is 28.6 Å². The molecule has 1 aliphatic carbocycles. The number of nitrogens with one attached hydrogen (secondary N) is 1. The first-order valence-electron chi connectivity index (χ1n) is 6.52. The SMILES string of the molecule is CSC1CCCC(Nc2cc(N)ccc2C(=O)O)C1. The summed E-state index contributed by atoms with van der Waals surface area (Å²) in [5.41, 5.74) is 7.27. The first kappa shape index (κ1) is 14.1. The van der Waals surface area contributed by atoms with Crippen LogP contribution in [0.25, 0.3) is 0 Å². The van der Waals surface area contributed by atoms with Crippen molar-refractivity contribution < 1.29 is 9.90 Å². The monoisotopic (exact) mass is 280 g/mol. The molecule has 0 aromatic heterocycles. The van der Waals surface area contributed by atoms with Crippen LogP contribution in [0.15, 0.2) is 18.2 Å². The number of nitrogen functional groups attached to an aromatic ring is 1. The van der Waals surface area contributed by atoms with Crippen molar-refractivity contribution in [2.45, 2.75) is 37.0 Å². The predicted molar refractivity (Wildman–Crippen MR) is 81.0 cm³/mol. The number of anilines is 2. The molecule has 0 spiro atoms. The minimum atomic E-state index is -0.917. The Hall–Kier alpha value is -1.36. The minimum Gasteiger partial charge on any atom is -0.478 e. The fraction of sp³-hybridized carbons (Fsp3) is 0.500. The fourth-order valence-corrected chi connectivity index (χ4v) is 3.40. The maximum Gasteiger partial charge on any atom is 0.337 e. The summed E-state index contributed by atoms with van der Waals surface area (Å²) in [4.78, 5) is 11.2. The summed E-state index contributed by atoms with van der Waals surface area (Å²) in [6.45, 7) is 0. The summed E-state index contributed by atoms with van der Waals surface area (Å²) in [5, 5.41) is 13.2. The Labute approximate surface area is 117 Å². The lowest BCUT2D eigenvalue weighted by atomic mass is 9.94. The van der Waals surface area contributed by atoms with E-state index in [1.54, 1.807) is 18.2 Å². The number of carboxylic acid groups (broad SMARTS) is 1. The molecule has 19 heavy (non-hydrogen) atoms. The third-order valence-electron chi connectivity index (χ3n) is 3.59. The first-order chi connectivity index (χ1) is 9.10. The van der Waals surface area contributed by atoms with E-state index in [-0.39, 0.29) is 0 Å². The smallest absolute Gasteiger partial charge is 0.337 e. The topological polar surface area (TPSA) is 75.3 Å². The van der Waals surface area contributed by atoms with E-state index in [4.69, 9.17) is 5.73 Å². The van der Waals surface area contributed by atoms with Gasteiger partial charge in [-0.1, -0.05) is 6.42 Å². The lowest BCUT2D eigenvalue weighted by molar-refractivity contribution is 0.0698. The zero-order valence-corrected chi connectivity index (χ0v) is 11.9. The predicted octanol–water partition coefficient (Wildman–Crippen LogP) is 3.05. The second kappa shape index (κ2) is 6.19. The van der Waals surface area contributed by atoms with Crippen LogP contribution in [0.4, 0.5) is 11.4 Å². The normalized spacial score (nSPS) is 23.0. The van der Waals surface area contributed by atoms with Gasteiger partial charge in [0, 0.05) is 17.0 Å². The summed E-state index contributed by atoms with van der Waals surface area (Å²) >= 11 is 1.89. The number of carboxylic acids is 1. The number of thioether (sulfide) groups is 1. The number of benzene rings is 1. The van der Waals surface area contributed by atoms with E-state index in [9.17, 15) is 9.90 Å². The average molecular weight is 280 g/mol. The highest BCUT2D eigenvalue weighted by atomic mass is 32.2. The third-order valence-corrected chi connectivity index (χ3v) is 4.69. The molecule has 4 nitrogen and oxygen atoms in total. The maximum atomic E-state index is 11.2. The van der Waals surface area contributed by atoms with Gasteiger partial charge < -0.3 is 16.2 Å². The molecule has 104 valence electrons. The van der Waals surface area contributed by atoms with Gasteiger partial charge in [0.05, 0.1) is 11.3 Å². The van der Waals surface area contributed by atoms with Crippen LogP contribution in [0, 0.1) is 0 Å². The number of aromatic carboxylic acids is 1. The number of carbonyl (C=O) groups is 1. The minimum absolute atomic E-state index is 0.292. The summed E-state index contributed by atoms with van der Waals surface area (Å²) in [6.07, 6.45) is 6.74. The summed E-state index contributed by atoms with van der Waals surface area (Å²) < 4.78 is 0. The standard InChI is InChI=1S/C14H20N2O2S/c1-19-11-4-2-3-10(8-11)16-13-7-9(15)5-6-12(13)14(17)18/h5-7,10-11,16H,2-4,8,15H2,1H3,(H,17,18). The Morgan fingerprint density at radius 3 is 2.95 bits per heavy atom. The zero-order chi connectivity index (χ0) is 13.8. The Morgan fingerprint density at radius 2 is 2.26 bits per heavy atom. The van der Waals surface area contributed by atoms with Crippen molar-refractivity contribution in [3.8, 4) is 0 Å². The van der Waals surface area contributed by atoms with Gasteiger partial charge >= 0.3 is 5.97 Å². The maximum absolute atomic E-state index is 11.2. The number of nitrogens with two attached hydrogens (primary N) is 1. The molecule has 1 aliphatic rings. The Kier molecular flexibility index (Phi) is 4.58. The lowest BCUT2D eigenvalue weighted by Crippen LogP contribution is -2.29. The highest BCUT2D eigenvalue weighted by molar-refractivity contribution is 7.99. The van der Waals surface area contributed by atoms with Crippen LogP contribution in [0.2, 0.25) is 0 Å². The van der Waals surface area contributed by atoms with Crippen LogP contribution in [0.5, 0.6) is 0 Å². The molecule has 2 atom stereocenters. The van der Waals surface area contributed by atoms with Crippen molar-refractivity contribution >= 4 is 29.1 Å². The van der Waals surface area contributed by atoms with E-state index in [1.165, 1.54) is 12.8 Å².